The molecule has 0 aromatic carbocycles. The van der Waals surface area contributed by atoms with E-state index in [1.807, 2.05) is 6.92 Å². The zero-order chi connectivity index (χ0) is 13.5. The van der Waals surface area contributed by atoms with Crippen LogP contribution in [0.5, 0.6) is 0 Å². The predicted octanol–water partition coefficient (Wildman–Crippen LogP) is 1.68. The highest BCUT2D eigenvalue weighted by molar-refractivity contribution is 6.29. The normalized spacial score (nSPS) is 21.5. The maximum atomic E-state index is 12.7. The highest BCUT2D eigenvalue weighted by atomic mass is 35.5. The van der Waals surface area contributed by atoms with Gasteiger partial charge in [-0.15, -0.1) is 0 Å². The van der Waals surface area contributed by atoms with Gasteiger partial charge < -0.3 is 10.2 Å². The van der Waals surface area contributed by atoms with E-state index in [1.54, 1.807) is 0 Å². The summed E-state index contributed by atoms with van der Waals surface area (Å²) in [6, 6.07) is 0. The van der Waals surface area contributed by atoms with E-state index in [9.17, 15) is 14.0 Å². The Morgan fingerprint density at radius 1 is 1.56 bits per heavy atom. The maximum Gasteiger partial charge on any atom is 0.272 e. The molecule has 0 bridgehead atoms. The Bertz CT molecular complexity index is 300. The van der Waals surface area contributed by atoms with Crippen LogP contribution in [0.3, 0.4) is 0 Å². The second kappa shape index (κ2) is 7.56. The summed E-state index contributed by atoms with van der Waals surface area (Å²) in [5.74, 6) is -0.443. The third-order valence-electron chi connectivity index (χ3n) is 3.08. The van der Waals surface area contributed by atoms with Crippen LogP contribution in [0.15, 0.2) is 0 Å². The number of alkyl halides is 2. The van der Waals surface area contributed by atoms with E-state index < -0.39 is 11.5 Å². The van der Waals surface area contributed by atoms with Gasteiger partial charge in [-0.05, 0) is 25.2 Å². The Balaban J connectivity index is 2.35. The zero-order valence-electron chi connectivity index (χ0n) is 10.6. The largest absolute Gasteiger partial charge is 0.356 e. The summed E-state index contributed by atoms with van der Waals surface area (Å²) >= 11 is 5.15. The number of hydrogen-bond acceptors (Lipinski definition) is 2. The highest BCUT2D eigenvalue weighted by Crippen LogP contribution is 2.18. The number of rotatable bonds is 5. The van der Waals surface area contributed by atoms with Crippen molar-refractivity contribution in [2.75, 3.05) is 19.6 Å². The van der Waals surface area contributed by atoms with Gasteiger partial charge in [0.1, 0.15) is 0 Å². The Morgan fingerprint density at radius 2 is 2.28 bits per heavy atom. The number of carbonyl (C=O) groups excluding carboxylic acids is 2. The molecular weight excluding hydrogens is 259 g/mol. The smallest absolute Gasteiger partial charge is 0.272 e. The van der Waals surface area contributed by atoms with Crippen LogP contribution in [0.25, 0.3) is 0 Å². The van der Waals surface area contributed by atoms with E-state index in [2.05, 4.69) is 5.32 Å². The summed E-state index contributed by atoms with van der Waals surface area (Å²) in [6.45, 7) is 3.51. The van der Waals surface area contributed by atoms with Crippen molar-refractivity contribution in [3.05, 3.63) is 0 Å². The van der Waals surface area contributed by atoms with Gasteiger partial charge in [0.2, 0.25) is 5.91 Å². The van der Waals surface area contributed by atoms with Crippen molar-refractivity contribution in [3.63, 3.8) is 0 Å². The summed E-state index contributed by atoms with van der Waals surface area (Å²) in [7, 11) is 0. The molecule has 1 N–H and O–H groups in total. The summed E-state index contributed by atoms with van der Waals surface area (Å²) in [6.07, 6.45) is 3.10. The fourth-order valence-corrected chi connectivity index (χ4v) is 2.28. The molecule has 0 spiro atoms. The SMILES string of the molecule is CCCC(=O)NCC1CCCN(C(=O)C(F)Cl)C1. The molecule has 18 heavy (non-hydrogen) atoms. The monoisotopic (exact) mass is 278 g/mol. The van der Waals surface area contributed by atoms with Crippen molar-refractivity contribution in [1.82, 2.24) is 10.2 Å². The van der Waals surface area contributed by atoms with Crippen LogP contribution in [-0.2, 0) is 9.59 Å². The van der Waals surface area contributed by atoms with Gasteiger partial charge in [-0.2, -0.15) is 0 Å². The number of hydrogen-bond donors (Lipinski definition) is 1. The minimum atomic E-state index is -1.96. The lowest BCUT2D eigenvalue weighted by Gasteiger charge is -2.32. The molecule has 2 unspecified atom stereocenters. The number of nitrogens with one attached hydrogen (secondary N) is 1. The number of likely N-dealkylation sites (tertiary alicyclic amines) is 1. The highest BCUT2D eigenvalue weighted by Gasteiger charge is 2.27. The first-order valence-corrected chi connectivity index (χ1v) is 6.81. The van der Waals surface area contributed by atoms with E-state index in [1.165, 1.54) is 4.90 Å². The van der Waals surface area contributed by atoms with E-state index in [0.717, 1.165) is 19.3 Å². The Morgan fingerprint density at radius 3 is 2.89 bits per heavy atom. The third-order valence-corrected chi connectivity index (χ3v) is 3.27. The second-order valence-electron chi connectivity index (χ2n) is 4.65. The molecule has 1 rings (SSSR count). The van der Waals surface area contributed by atoms with Gasteiger partial charge in [0.05, 0.1) is 0 Å². The van der Waals surface area contributed by atoms with Crippen LogP contribution in [0, 0.1) is 5.92 Å². The van der Waals surface area contributed by atoms with Crippen LogP contribution >= 0.6 is 11.6 Å². The molecule has 1 aliphatic heterocycles. The first kappa shape index (κ1) is 15.2. The molecule has 4 nitrogen and oxygen atoms in total. The Labute approximate surface area is 112 Å². The lowest BCUT2D eigenvalue weighted by atomic mass is 9.98. The van der Waals surface area contributed by atoms with Gasteiger partial charge in [-0.25, -0.2) is 4.39 Å². The van der Waals surface area contributed by atoms with Gasteiger partial charge in [0.15, 0.2) is 0 Å². The fourth-order valence-electron chi connectivity index (χ4n) is 2.14. The van der Waals surface area contributed by atoms with Gasteiger partial charge in [0, 0.05) is 26.1 Å². The Hall–Kier alpha value is -0.840. The van der Waals surface area contributed by atoms with E-state index in [4.69, 9.17) is 11.6 Å². The standard InChI is InChI=1S/C12H20ClFN2O2/c1-2-4-10(17)15-7-9-5-3-6-16(8-9)12(18)11(13)14/h9,11H,2-8H2,1H3,(H,15,17). The van der Waals surface area contributed by atoms with E-state index >= 15 is 0 Å². The van der Waals surface area contributed by atoms with Gasteiger partial charge >= 0.3 is 0 Å². The van der Waals surface area contributed by atoms with Gasteiger partial charge in [0.25, 0.3) is 11.5 Å². The minimum absolute atomic E-state index is 0.0293. The van der Waals surface area contributed by atoms with Crippen molar-refractivity contribution in [1.29, 1.82) is 0 Å². The quantitative estimate of drug-likeness (QED) is 0.778. The van der Waals surface area contributed by atoms with Crippen molar-refractivity contribution in [2.24, 2.45) is 5.92 Å². The molecule has 1 heterocycles. The summed E-state index contributed by atoms with van der Waals surface area (Å²) in [5.41, 5.74) is -1.96. The molecule has 0 aromatic rings. The van der Waals surface area contributed by atoms with Crippen molar-refractivity contribution in [3.8, 4) is 0 Å². The average Bonchev–Trinajstić information content (AvgIpc) is 2.36. The molecule has 0 aliphatic carbocycles. The number of amides is 2. The van der Waals surface area contributed by atoms with E-state index in [-0.39, 0.29) is 11.8 Å². The zero-order valence-corrected chi connectivity index (χ0v) is 11.4. The molecule has 2 amide bonds. The molecule has 0 aromatic heterocycles. The van der Waals surface area contributed by atoms with Crippen molar-refractivity contribution in [2.45, 2.75) is 38.2 Å². The summed E-state index contributed by atoms with van der Waals surface area (Å²) in [4.78, 5) is 24.2. The van der Waals surface area contributed by atoms with Crippen molar-refractivity contribution < 1.29 is 14.0 Å². The number of carbonyl (C=O) groups is 2. The average molecular weight is 279 g/mol. The third kappa shape index (κ3) is 4.80. The van der Waals surface area contributed by atoms with Crippen LogP contribution in [0.1, 0.15) is 32.6 Å². The molecule has 104 valence electrons. The predicted molar refractivity (Wildman–Crippen MR) is 68.0 cm³/mol. The number of piperidine rings is 1. The van der Waals surface area contributed by atoms with Gasteiger partial charge in [-0.1, -0.05) is 18.5 Å². The van der Waals surface area contributed by atoms with Crippen LogP contribution in [0.4, 0.5) is 4.39 Å². The maximum absolute atomic E-state index is 12.7. The second-order valence-corrected chi connectivity index (χ2v) is 5.03. The van der Waals surface area contributed by atoms with Crippen LogP contribution < -0.4 is 5.32 Å². The first-order chi connectivity index (χ1) is 8.54. The molecule has 0 radical (unpaired) electrons. The summed E-state index contributed by atoms with van der Waals surface area (Å²) < 4.78 is 12.7. The molecule has 6 heteroatoms. The molecule has 1 saturated heterocycles. The molecule has 2 atom stereocenters. The molecule has 1 aliphatic rings. The number of halogens is 2. The van der Waals surface area contributed by atoms with Crippen molar-refractivity contribution >= 4 is 23.4 Å². The number of nitrogens with zero attached hydrogens (tertiary/aromatic N) is 1. The Kier molecular flexibility index (Phi) is 6.39. The topological polar surface area (TPSA) is 49.4 Å². The van der Waals surface area contributed by atoms with E-state index in [0.29, 0.717) is 26.1 Å². The first-order valence-electron chi connectivity index (χ1n) is 6.38. The molecule has 1 fully saturated rings. The lowest BCUT2D eigenvalue weighted by molar-refractivity contribution is -0.135. The fraction of sp³-hybridized carbons (Fsp3) is 0.833. The summed E-state index contributed by atoms with van der Waals surface area (Å²) in [5, 5.41) is 2.84. The van der Waals surface area contributed by atoms with Gasteiger partial charge in [-0.3, -0.25) is 9.59 Å². The van der Waals surface area contributed by atoms with Crippen LogP contribution in [0.2, 0.25) is 0 Å². The lowest BCUT2D eigenvalue weighted by Crippen LogP contribution is -2.45. The minimum Gasteiger partial charge on any atom is -0.356 e. The molecule has 0 saturated carbocycles. The molecular formula is C12H20ClFN2O2. The van der Waals surface area contributed by atoms with Crippen LogP contribution in [-0.4, -0.2) is 42.0 Å².